The first-order chi connectivity index (χ1) is 9.00. The van der Waals surface area contributed by atoms with Gasteiger partial charge in [0, 0.05) is 17.5 Å². The molecule has 0 spiro atoms. The lowest BCUT2D eigenvalue weighted by Crippen LogP contribution is -2.39. The Balaban J connectivity index is 2.50. The van der Waals surface area contributed by atoms with Crippen molar-refractivity contribution in [2.24, 2.45) is 0 Å². The molecule has 0 saturated heterocycles. The minimum absolute atomic E-state index is 0.0140. The number of hydrogen-bond acceptors (Lipinski definition) is 3. The molecule has 0 aliphatic rings. The Kier molecular flexibility index (Phi) is 6.42. The van der Waals surface area contributed by atoms with Gasteiger partial charge in [-0.2, -0.15) is 0 Å². The van der Waals surface area contributed by atoms with E-state index >= 15 is 0 Å². The predicted octanol–water partition coefficient (Wildman–Crippen LogP) is 2.49. The molecule has 0 fully saturated rings. The average molecular weight is 281 g/mol. The van der Waals surface area contributed by atoms with E-state index in [1.807, 2.05) is 44.2 Å². The van der Waals surface area contributed by atoms with Crippen molar-refractivity contribution in [3.05, 3.63) is 30.3 Å². The summed E-state index contributed by atoms with van der Waals surface area (Å²) in [6, 6.07) is 9.71. The van der Waals surface area contributed by atoms with Crippen molar-refractivity contribution in [1.29, 1.82) is 0 Å². The molecule has 19 heavy (non-hydrogen) atoms. The molecule has 0 aliphatic carbocycles. The molecule has 1 aromatic rings. The quantitative estimate of drug-likeness (QED) is 0.780. The van der Waals surface area contributed by atoms with Gasteiger partial charge in [0.2, 0.25) is 5.91 Å². The number of benzene rings is 1. The molecule has 1 N–H and O–H groups in total. The Morgan fingerprint density at radius 1 is 1.26 bits per heavy atom. The van der Waals surface area contributed by atoms with Crippen molar-refractivity contribution < 1.29 is 14.7 Å². The summed E-state index contributed by atoms with van der Waals surface area (Å²) in [5.41, 5.74) is 0. The van der Waals surface area contributed by atoms with Crippen LogP contribution in [0.5, 0.6) is 0 Å². The molecule has 0 saturated carbocycles. The van der Waals surface area contributed by atoms with Crippen LogP contribution in [0, 0.1) is 0 Å². The van der Waals surface area contributed by atoms with Crippen molar-refractivity contribution in [3.8, 4) is 0 Å². The number of rotatable bonds is 7. The van der Waals surface area contributed by atoms with Crippen LogP contribution in [0.2, 0.25) is 0 Å². The summed E-state index contributed by atoms with van der Waals surface area (Å²) < 4.78 is 0. The van der Waals surface area contributed by atoms with Crippen molar-refractivity contribution in [2.75, 3.05) is 12.3 Å². The second-order valence-corrected chi connectivity index (χ2v) is 5.48. The van der Waals surface area contributed by atoms with Gasteiger partial charge in [0.25, 0.3) is 0 Å². The molecule has 5 heteroatoms. The zero-order valence-corrected chi connectivity index (χ0v) is 12.0. The third-order valence-corrected chi connectivity index (χ3v) is 3.61. The van der Waals surface area contributed by atoms with Gasteiger partial charge in [0.15, 0.2) is 0 Å². The van der Waals surface area contributed by atoms with Gasteiger partial charge < -0.3 is 10.0 Å². The summed E-state index contributed by atoms with van der Waals surface area (Å²) >= 11 is 1.47. The van der Waals surface area contributed by atoms with E-state index in [0.29, 0.717) is 5.75 Å². The zero-order chi connectivity index (χ0) is 14.3. The SMILES string of the molecule is CC(C)N(CCC(=O)O)C(=O)CSc1ccccc1. The maximum Gasteiger partial charge on any atom is 0.305 e. The molecule has 0 aromatic heterocycles. The van der Waals surface area contributed by atoms with Crippen LogP contribution in [0.25, 0.3) is 0 Å². The van der Waals surface area contributed by atoms with E-state index < -0.39 is 5.97 Å². The Morgan fingerprint density at radius 2 is 1.89 bits per heavy atom. The normalized spacial score (nSPS) is 10.5. The zero-order valence-electron chi connectivity index (χ0n) is 11.2. The fourth-order valence-corrected chi connectivity index (χ4v) is 2.44. The maximum absolute atomic E-state index is 12.1. The number of aliphatic carboxylic acids is 1. The molecular weight excluding hydrogens is 262 g/mol. The number of thioether (sulfide) groups is 1. The van der Waals surface area contributed by atoms with Gasteiger partial charge in [-0.1, -0.05) is 18.2 Å². The smallest absolute Gasteiger partial charge is 0.305 e. The fourth-order valence-electron chi connectivity index (χ4n) is 1.63. The number of carboxylic acid groups (broad SMARTS) is 1. The molecule has 0 atom stereocenters. The molecule has 1 amide bonds. The third-order valence-electron chi connectivity index (χ3n) is 2.62. The van der Waals surface area contributed by atoms with E-state index in [9.17, 15) is 9.59 Å². The minimum atomic E-state index is -0.880. The highest BCUT2D eigenvalue weighted by molar-refractivity contribution is 8.00. The first-order valence-corrected chi connectivity index (χ1v) is 7.18. The molecule has 0 heterocycles. The first-order valence-electron chi connectivity index (χ1n) is 6.20. The van der Waals surface area contributed by atoms with Gasteiger partial charge in [0.05, 0.1) is 12.2 Å². The van der Waals surface area contributed by atoms with Crippen LogP contribution in [0.15, 0.2) is 35.2 Å². The molecule has 104 valence electrons. The molecule has 4 nitrogen and oxygen atoms in total. The molecule has 0 unspecified atom stereocenters. The van der Waals surface area contributed by atoms with E-state index in [4.69, 9.17) is 5.11 Å². The number of carbonyl (C=O) groups excluding carboxylic acids is 1. The Morgan fingerprint density at radius 3 is 2.42 bits per heavy atom. The van der Waals surface area contributed by atoms with Crippen molar-refractivity contribution in [3.63, 3.8) is 0 Å². The van der Waals surface area contributed by atoms with E-state index in [0.717, 1.165) is 4.90 Å². The highest BCUT2D eigenvalue weighted by Gasteiger charge is 2.17. The second-order valence-electron chi connectivity index (χ2n) is 4.43. The lowest BCUT2D eigenvalue weighted by molar-refractivity contribution is -0.138. The van der Waals surface area contributed by atoms with E-state index in [2.05, 4.69) is 0 Å². The summed E-state index contributed by atoms with van der Waals surface area (Å²) in [6.07, 6.45) is -0.0140. The highest BCUT2D eigenvalue weighted by atomic mass is 32.2. The molecule has 0 radical (unpaired) electrons. The van der Waals surface area contributed by atoms with Gasteiger partial charge in [0.1, 0.15) is 0 Å². The van der Waals surface area contributed by atoms with Gasteiger partial charge in [-0.3, -0.25) is 9.59 Å². The monoisotopic (exact) mass is 281 g/mol. The molecule has 1 aromatic carbocycles. The van der Waals surface area contributed by atoms with Gasteiger partial charge in [-0.15, -0.1) is 11.8 Å². The second kappa shape index (κ2) is 7.84. The minimum Gasteiger partial charge on any atom is -0.481 e. The fraction of sp³-hybridized carbons (Fsp3) is 0.429. The van der Waals surface area contributed by atoms with Crippen molar-refractivity contribution in [1.82, 2.24) is 4.90 Å². The highest BCUT2D eigenvalue weighted by Crippen LogP contribution is 2.18. The summed E-state index contributed by atoms with van der Waals surface area (Å²) in [4.78, 5) is 25.3. The lowest BCUT2D eigenvalue weighted by atomic mass is 10.3. The molecule has 0 bridgehead atoms. The van der Waals surface area contributed by atoms with Crippen LogP contribution >= 0.6 is 11.8 Å². The van der Waals surface area contributed by atoms with Gasteiger partial charge in [-0.05, 0) is 26.0 Å². The topological polar surface area (TPSA) is 57.6 Å². The van der Waals surface area contributed by atoms with Crippen LogP contribution in [0.4, 0.5) is 0 Å². The van der Waals surface area contributed by atoms with Crippen LogP contribution in [0.3, 0.4) is 0 Å². The predicted molar refractivity (Wildman–Crippen MR) is 76.3 cm³/mol. The average Bonchev–Trinajstić information content (AvgIpc) is 2.37. The van der Waals surface area contributed by atoms with Crippen molar-refractivity contribution in [2.45, 2.75) is 31.2 Å². The number of hydrogen-bond donors (Lipinski definition) is 1. The number of carbonyl (C=O) groups is 2. The van der Waals surface area contributed by atoms with E-state index in [1.54, 1.807) is 4.90 Å². The molecule has 1 rings (SSSR count). The van der Waals surface area contributed by atoms with Crippen LogP contribution in [-0.4, -0.2) is 40.2 Å². The van der Waals surface area contributed by atoms with Crippen LogP contribution in [-0.2, 0) is 9.59 Å². The third kappa shape index (κ3) is 5.79. The van der Waals surface area contributed by atoms with Crippen LogP contribution < -0.4 is 0 Å². The largest absolute Gasteiger partial charge is 0.481 e. The Labute approximate surface area is 117 Å². The number of carboxylic acids is 1. The van der Waals surface area contributed by atoms with E-state index in [1.165, 1.54) is 11.8 Å². The van der Waals surface area contributed by atoms with Crippen LogP contribution in [0.1, 0.15) is 20.3 Å². The first kappa shape index (κ1) is 15.6. The maximum atomic E-state index is 12.1. The van der Waals surface area contributed by atoms with Gasteiger partial charge in [-0.25, -0.2) is 0 Å². The lowest BCUT2D eigenvalue weighted by Gasteiger charge is -2.26. The Bertz CT molecular complexity index is 420. The summed E-state index contributed by atoms with van der Waals surface area (Å²) in [5, 5.41) is 8.69. The standard InChI is InChI=1S/C14H19NO3S/c1-11(2)15(9-8-14(17)18)13(16)10-19-12-6-4-3-5-7-12/h3-7,11H,8-10H2,1-2H3,(H,17,18). The summed E-state index contributed by atoms with van der Waals surface area (Å²) in [7, 11) is 0. The van der Waals surface area contributed by atoms with E-state index in [-0.39, 0.29) is 24.9 Å². The molecular formula is C14H19NO3S. The summed E-state index contributed by atoms with van der Waals surface area (Å²) in [6.45, 7) is 4.06. The Hall–Kier alpha value is -1.49. The van der Waals surface area contributed by atoms with Crippen molar-refractivity contribution >= 4 is 23.6 Å². The summed E-state index contributed by atoms with van der Waals surface area (Å²) in [5.74, 6) is -0.568. The number of nitrogens with zero attached hydrogens (tertiary/aromatic N) is 1. The number of amides is 1. The van der Waals surface area contributed by atoms with Gasteiger partial charge >= 0.3 is 5.97 Å². The molecule has 0 aliphatic heterocycles.